The number of nitrogens with zero attached hydrogens (tertiary/aromatic N) is 5. The molecule has 0 aromatic heterocycles. The number of unbranched alkanes of at least 4 members (excludes halogenated alkanes) is 4. The Hall–Kier alpha value is -6.77. The zero-order valence-electron chi connectivity index (χ0n) is 53.9. The number of carbonyl (C=O) groups is 6. The zero-order chi connectivity index (χ0) is 68.1. The highest BCUT2D eigenvalue weighted by Gasteiger charge is 2.49. The Kier molecular flexibility index (Phi) is 27.6. The van der Waals surface area contributed by atoms with Gasteiger partial charge in [0.25, 0.3) is 15.7 Å². The average Bonchev–Trinajstić information content (AvgIpc) is 0.775. The number of hydrogen-bond donors (Lipinski definition) is 5. The molecule has 3 aliphatic heterocycles. The van der Waals surface area contributed by atoms with Crippen LogP contribution in [0.2, 0.25) is 5.02 Å². The third-order valence-electron chi connectivity index (χ3n) is 18.3. The van der Waals surface area contributed by atoms with Gasteiger partial charge in [0.2, 0.25) is 11.8 Å². The Labute approximate surface area is 570 Å². The molecule has 0 radical (unpaired) electrons. The van der Waals surface area contributed by atoms with Crippen LogP contribution < -0.4 is 26.0 Å². The van der Waals surface area contributed by atoms with Crippen LogP contribution in [0, 0.1) is 5.41 Å². The molecule has 3 amide bonds. The monoisotopic (exact) mass is 1390 g/mol. The molecule has 9 rings (SSSR count). The maximum Gasteiger partial charge on any atom is 0.501 e. The molecule has 0 bridgehead atoms. The molecule has 2 atom stereocenters. The van der Waals surface area contributed by atoms with Gasteiger partial charge in [-0.05, 0) is 129 Å². The van der Waals surface area contributed by atoms with Gasteiger partial charge in [0.1, 0.15) is 6.29 Å². The van der Waals surface area contributed by atoms with Crippen LogP contribution in [-0.4, -0.2) is 187 Å². The van der Waals surface area contributed by atoms with E-state index in [2.05, 4.69) is 60.7 Å². The normalized spacial score (nSPS) is 16.6. The Balaban J connectivity index is 0.00000572. The van der Waals surface area contributed by atoms with Crippen LogP contribution in [-0.2, 0) is 29.0 Å². The van der Waals surface area contributed by atoms with Crippen LogP contribution in [0.25, 0.3) is 5.57 Å². The summed E-state index contributed by atoms with van der Waals surface area (Å²) in [5.41, 5.74) is -0.194. The summed E-state index contributed by atoms with van der Waals surface area (Å²) in [7, 11) is -2.89. The third-order valence-corrected chi connectivity index (χ3v) is 21.3. The molecule has 5 aromatic carbocycles. The van der Waals surface area contributed by atoms with Crippen molar-refractivity contribution in [1.82, 2.24) is 24.9 Å². The summed E-state index contributed by atoms with van der Waals surface area (Å²) < 4.78 is 75.3. The highest BCUT2D eigenvalue weighted by molar-refractivity contribution is 7.99. The lowest BCUT2D eigenvalue weighted by molar-refractivity contribution is -0.144. The number of anilines is 3. The third kappa shape index (κ3) is 19.9. The number of allylic oxidation sites excluding steroid dienone is 1. The van der Waals surface area contributed by atoms with E-state index in [1.165, 1.54) is 54.0 Å². The van der Waals surface area contributed by atoms with Gasteiger partial charge in [-0.3, -0.25) is 38.9 Å². The number of rotatable bonds is 31. The molecule has 3 fully saturated rings. The number of ether oxygens (including phenoxy) is 1. The van der Waals surface area contributed by atoms with E-state index in [1.807, 2.05) is 59.5 Å². The first kappa shape index (κ1) is 74.0. The maximum atomic E-state index is 14.4. The van der Waals surface area contributed by atoms with Crippen molar-refractivity contribution < 1.29 is 55.1 Å². The largest absolute Gasteiger partial charge is 0.501 e. The molecule has 25 heteroatoms. The molecule has 1 spiro atoms. The minimum atomic E-state index is -5.88. The molecule has 0 saturated carbocycles. The van der Waals surface area contributed by atoms with Gasteiger partial charge in [0, 0.05) is 154 Å². The second kappa shape index (κ2) is 35.5. The van der Waals surface area contributed by atoms with Crippen LogP contribution in [0.1, 0.15) is 119 Å². The first-order chi connectivity index (χ1) is 45.8. The minimum absolute atomic E-state index is 0.00420. The molecule has 5 aromatic rings. The van der Waals surface area contributed by atoms with Crippen molar-refractivity contribution in [1.29, 1.82) is 0 Å². The van der Waals surface area contributed by atoms with Gasteiger partial charge in [-0.15, -0.1) is 24.6 Å². The van der Waals surface area contributed by atoms with Crippen molar-refractivity contribution in [2.45, 2.75) is 104 Å². The van der Waals surface area contributed by atoms with E-state index in [0.717, 1.165) is 106 Å². The second-order valence-electron chi connectivity index (χ2n) is 24.7. The molecule has 1 aliphatic carbocycles. The molecular formula is C70H87ClF3N9O9S3. The lowest BCUT2D eigenvalue weighted by atomic mass is 9.65. The number of thioether (sulfide) groups is 1. The van der Waals surface area contributed by atoms with Gasteiger partial charge in [-0.25, -0.2) is 8.42 Å². The fourth-order valence-corrected chi connectivity index (χ4v) is 14.9. The predicted molar refractivity (Wildman–Crippen MR) is 372 cm³/mol. The highest BCUT2D eigenvalue weighted by atomic mass is 35.5. The van der Waals surface area contributed by atoms with E-state index >= 15 is 0 Å². The quantitative estimate of drug-likeness (QED) is 0.00915. The van der Waals surface area contributed by atoms with E-state index in [0.29, 0.717) is 94.4 Å². The number of halogens is 4. The Morgan fingerprint density at radius 3 is 2.16 bits per heavy atom. The second-order valence-corrected chi connectivity index (χ2v) is 28.1. The van der Waals surface area contributed by atoms with Gasteiger partial charge in [-0.2, -0.15) is 13.2 Å². The number of aldehydes is 2. The first-order valence-corrected chi connectivity index (χ1v) is 35.7. The number of thiol groups is 1. The van der Waals surface area contributed by atoms with Gasteiger partial charge in [0.15, 0.2) is 12.1 Å². The van der Waals surface area contributed by atoms with E-state index in [4.69, 9.17) is 16.3 Å². The number of nitrogens with one attached hydrogen (secondary N) is 3. The summed E-state index contributed by atoms with van der Waals surface area (Å²) in [4.78, 5) is 87.2. The number of hydrogen-bond acceptors (Lipinski definition) is 17. The smallest absolute Gasteiger partial charge is 0.384 e. The number of nitrogens with two attached hydrogens (primary N) is 1. The fraction of sp³-hybridized carbons (Fsp3) is 0.457. The fourth-order valence-electron chi connectivity index (χ4n) is 12.9. The highest BCUT2D eigenvalue weighted by Crippen LogP contribution is 2.49. The lowest BCUT2D eigenvalue weighted by Gasteiger charge is -2.53. The van der Waals surface area contributed by atoms with Crippen molar-refractivity contribution in [2.24, 2.45) is 10.6 Å². The summed E-state index contributed by atoms with van der Waals surface area (Å²) >= 11 is 10.9. The summed E-state index contributed by atoms with van der Waals surface area (Å²) in [5.74, 6) is -0.720. The van der Waals surface area contributed by atoms with Gasteiger partial charge >= 0.3 is 5.51 Å². The standard InChI is InChI=1S/C70H84ClF3N8O9S2.H3NS/c1-75-64(85)28-26-58(46-84)78(2)68(88)66-53(45-83)12-11-15-62(66)76-32-10-5-3-4-9-16-65(86)82-48-69(49-82)31-29-60(50-17-22-55(71)23-18-50)54(43-69)44-80-34-36-81(37-35-80)57-24-19-51(20-25-57)67(87)52-21-27-61(63(42-52)93(89,90)70(72,73)74)77-56(30-33-79-38-40-91-41-39-79)47-92-59-13-7-6-8-14-59;1-2/h6-8,11-15,17-25,27,42,45-46,56,58,76-77H,3-5,9-10,16,26,28-41,43-44,47-49H2,1-2H3,(H,75,85);2H,1H2. The number of amides is 3. The molecule has 3 saturated heterocycles. The number of alkyl halides is 3. The van der Waals surface area contributed by atoms with Gasteiger partial charge in [-0.1, -0.05) is 78.9 Å². The maximum absolute atomic E-state index is 14.4. The average molecular weight is 1390 g/mol. The van der Waals surface area contributed by atoms with Crippen molar-refractivity contribution in [3.8, 4) is 0 Å². The number of likely N-dealkylation sites (tertiary alicyclic amines) is 1. The van der Waals surface area contributed by atoms with E-state index in [-0.39, 0.29) is 58.0 Å². The number of carbonyl (C=O) groups excluding carboxylic acids is 6. The van der Waals surface area contributed by atoms with Crippen molar-refractivity contribution in [2.75, 3.05) is 121 Å². The summed E-state index contributed by atoms with van der Waals surface area (Å²) in [6.07, 6.45) is 9.53. The van der Waals surface area contributed by atoms with E-state index in [1.54, 1.807) is 30.3 Å². The molecule has 5 N–H and O–H groups in total. The summed E-state index contributed by atoms with van der Waals surface area (Å²) in [6.45, 7) is 8.94. The minimum Gasteiger partial charge on any atom is -0.384 e. The Morgan fingerprint density at radius 1 is 0.800 bits per heavy atom. The van der Waals surface area contributed by atoms with Gasteiger partial charge in [0.05, 0.1) is 35.4 Å². The molecule has 2 unspecified atom stereocenters. The summed E-state index contributed by atoms with van der Waals surface area (Å²) in [6, 6.07) is 31.7. The van der Waals surface area contributed by atoms with Crippen LogP contribution in [0.15, 0.2) is 131 Å². The van der Waals surface area contributed by atoms with Crippen molar-refractivity contribution in [3.05, 3.63) is 154 Å². The first-order valence-electron chi connectivity index (χ1n) is 32.4. The van der Waals surface area contributed by atoms with Gasteiger partial charge < -0.3 is 40.2 Å². The van der Waals surface area contributed by atoms with Crippen LogP contribution in [0.3, 0.4) is 0 Å². The van der Waals surface area contributed by atoms with Crippen LogP contribution >= 0.6 is 36.2 Å². The Morgan fingerprint density at radius 2 is 1.48 bits per heavy atom. The number of morpholine rings is 1. The molecule has 512 valence electrons. The zero-order valence-corrected chi connectivity index (χ0v) is 57.2. The number of benzene rings is 5. The predicted octanol–water partition coefficient (Wildman–Crippen LogP) is 11.0. The van der Waals surface area contributed by atoms with E-state index in [9.17, 15) is 50.4 Å². The molecule has 4 aliphatic rings. The number of likely N-dealkylation sites (N-methyl/N-ethyl adjacent to an activating group) is 1. The van der Waals surface area contributed by atoms with Crippen LogP contribution in [0.4, 0.5) is 30.2 Å². The lowest BCUT2D eigenvalue weighted by Crippen LogP contribution is -2.59. The summed E-state index contributed by atoms with van der Waals surface area (Å²) in [5, 5.41) is 13.8. The topological polar surface area (TPSA) is 224 Å². The van der Waals surface area contributed by atoms with Crippen LogP contribution in [0.5, 0.6) is 0 Å². The SMILES string of the molecule is CNC(=O)CCC(C=O)N(C)C(=O)c1c(C=O)cccc1NCCCCCCCC(=O)N1CC2(CCC(c3ccc(Cl)cc3)=C(CN3CCN(c4ccc(C(=O)c5ccc(NC(CCN6CCOCC6)CSc6ccccc6)c(S(=O)(=O)C(F)(F)F)c5)cc4)CC3)C2)C1.NS. The van der Waals surface area contributed by atoms with Crippen molar-refractivity contribution in [3.63, 3.8) is 0 Å². The number of ketones is 1. The number of sulfone groups is 1. The Bertz CT molecular complexity index is 3550. The van der Waals surface area contributed by atoms with Crippen molar-refractivity contribution >= 4 is 105 Å². The number of piperazine rings is 1. The molecular weight excluding hydrogens is 1300 g/mol. The molecule has 18 nitrogen and oxygen atoms in total. The van der Waals surface area contributed by atoms with E-state index < -0.39 is 44.0 Å². The molecule has 3 heterocycles. The molecule has 95 heavy (non-hydrogen) atoms.